The lowest BCUT2D eigenvalue weighted by Gasteiger charge is -2.34. The summed E-state index contributed by atoms with van der Waals surface area (Å²) >= 11 is 0. The molecule has 8 nitrogen and oxygen atoms in total. The van der Waals surface area contributed by atoms with E-state index in [-0.39, 0.29) is 12.1 Å². The number of aliphatic imine (C=N–C) groups is 1. The van der Waals surface area contributed by atoms with E-state index in [0.717, 1.165) is 64.5 Å². The molecule has 1 aliphatic rings. The van der Waals surface area contributed by atoms with Gasteiger partial charge in [0.05, 0.1) is 25.3 Å². The molecule has 0 saturated carbocycles. The van der Waals surface area contributed by atoms with Gasteiger partial charge in [0.1, 0.15) is 0 Å². The highest BCUT2D eigenvalue weighted by molar-refractivity contribution is 5.80. The van der Waals surface area contributed by atoms with Crippen LogP contribution in [0.3, 0.4) is 0 Å². The standard InChI is InChI=1S/C21H42N4O4/c1-6-22-20(23-16-18(15-17(3)4)24-21(26)28-7-2)25-11-9-19(10-12-25)29-14-8-13-27-5/h17-19H,6-16H2,1-5H3,(H,22,23)(H,24,26). The second-order valence-corrected chi connectivity index (χ2v) is 7.79. The summed E-state index contributed by atoms with van der Waals surface area (Å²) in [4.78, 5) is 18.9. The molecule has 2 N–H and O–H groups in total. The molecule has 29 heavy (non-hydrogen) atoms. The lowest BCUT2D eigenvalue weighted by Crippen LogP contribution is -2.48. The molecule has 1 fully saturated rings. The van der Waals surface area contributed by atoms with Gasteiger partial charge in [-0.15, -0.1) is 0 Å². The van der Waals surface area contributed by atoms with E-state index in [1.54, 1.807) is 7.11 Å². The minimum atomic E-state index is -0.371. The van der Waals surface area contributed by atoms with Crippen molar-refractivity contribution in [3.8, 4) is 0 Å². The number of carbonyl (C=O) groups excluding carboxylic acids is 1. The molecule has 1 saturated heterocycles. The molecule has 0 aromatic carbocycles. The van der Waals surface area contributed by atoms with Crippen molar-refractivity contribution in [2.24, 2.45) is 10.9 Å². The minimum Gasteiger partial charge on any atom is -0.450 e. The fraction of sp³-hybridized carbons (Fsp3) is 0.905. The van der Waals surface area contributed by atoms with Crippen molar-refractivity contribution in [2.75, 3.05) is 53.1 Å². The van der Waals surface area contributed by atoms with Crippen LogP contribution in [0.4, 0.5) is 4.79 Å². The summed E-state index contributed by atoms with van der Waals surface area (Å²) < 4.78 is 16.1. The van der Waals surface area contributed by atoms with Crippen molar-refractivity contribution in [3.05, 3.63) is 0 Å². The fourth-order valence-corrected chi connectivity index (χ4v) is 3.40. The zero-order valence-corrected chi connectivity index (χ0v) is 19.0. The van der Waals surface area contributed by atoms with Gasteiger partial charge in [-0.05, 0) is 45.4 Å². The molecule has 1 rings (SSSR count). The Bertz CT molecular complexity index is 466. The lowest BCUT2D eigenvalue weighted by molar-refractivity contribution is 0.00989. The first-order valence-corrected chi connectivity index (χ1v) is 11.1. The third-order valence-corrected chi connectivity index (χ3v) is 4.74. The molecule has 8 heteroatoms. The summed E-state index contributed by atoms with van der Waals surface area (Å²) in [6.45, 7) is 13.2. The quantitative estimate of drug-likeness (QED) is 0.290. The summed E-state index contributed by atoms with van der Waals surface area (Å²) in [5.74, 6) is 1.37. The lowest BCUT2D eigenvalue weighted by atomic mass is 10.0. The van der Waals surface area contributed by atoms with Gasteiger partial charge in [-0.1, -0.05) is 13.8 Å². The summed E-state index contributed by atoms with van der Waals surface area (Å²) in [6, 6.07) is -0.0376. The number of amides is 1. The largest absolute Gasteiger partial charge is 0.450 e. The smallest absolute Gasteiger partial charge is 0.407 e. The first kappa shape index (κ1) is 25.5. The van der Waals surface area contributed by atoms with Crippen LogP contribution in [0.15, 0.2) is 4.99 Å². The number of guanidine groups is 1. The van der Waals surface area contributed by atoms with Crippen LogP contribution in [0.25, 0.3) is 0 Å². The van der Waals surface area contributed by atoms with Crippen LogP contribution in [0.1, 0.15) is 53.4 Å². The molecule has 1 amide bonds. The van der Waals surface area contributed by atoms with Gasteiger partial charge in [-0.25, -0.2) is 4.79 Å². The molecule has 0 radical (unpaired) electrons. The molecule has 170 valence electrons. The Labute approximate surface area is 176 Å². The molecular formula is C21H42N4O4. The monoisotopic (exact) mass is 414 g/mol. The van der Waals surface area contributed by atoms with Gasteiger partial charge in [-0.2, -0.15) is 0 Å². The number of hydrogen-bond acceptors (Lipinski definition) is 5. The molecule has 0 bridgehead atoms. The van der Waals surface area contributed by atoms with Crippen LogP contribution >= 0.6 is 0 Å². The molecule has 0 spiro atoms. The number of nitrogens with zero attached hydrogens (tertiary/aromatic N) is 2. The van der Waals surface area contributed by atoms with Crippen molar-refractivity contribution >= 4 is 12.1 Å². The average molecular weight is 415 g/mol. The zero-order valence-electron chi connectivity index (χ0n) is 19.0. The number of carbonyl (C=O) groups is 1. The van der Waals surface area contributed by atoms with Gasteiger partial charge in [0.2, 0.25) is 0 Å². The van der Waals surface area contributed by atoms with E-state index < -0.39 is 0 Å². The Kier molecular flexibility index (Phi) is 13.5. The van der Waals surface area contributed by atoms with Gasteiger partial charge in [0.25, 0.3) is 0 Å². The van der Waals surface area contributed by atoms with E-state index in [0.29, 0.717) is 25.2 Å². The van der Waals surface area contributed by atoms with Crippen LogP contribution < -0.4 is 10.6 Å². The molecule has 1 atom stereocenters. The number of hydrogen-bond donors (Lipinski definition) is 2. The normalized spacial score (nSPS) is 16.8. The molecule has 1 unspecified atom stereocenters. The predicted octanol–water partition coefficient (Wildman–Crippen LogP) is 2.63. The molecule has 1 aliphatic heterocycles. The van der Waals surface area contributed by atoms with Crippen molar-refractivity contribution in [2.45, 2.75) is 65.5 Å². The van der Waals surface area contributed by atoms with Crippen molar-refractivity contribution < 1.29 is 19.0 Å². The first-order valence-electron chi connectivity index (χ1n) is 11.1. The third-order valence-electron chi connectivity index (χ3n) is 4.74. The predicted molar refractivity (Wildman–Crippen MR) is 116 cm³/mol. The van der Waals surface area contributed by atoms with Crippen LogP contribution in [0.2, 0.25) is 0 Å². The Hall–Kier alpha value is -1.54. The molecule has 1 heterocycles. The molecule has 0 aromatic heterocycles. The van der Waals surface area contributed by atoms with Gasteiger partial charge in [-0.3, -0.25) is 4.99 Å². The minimum absolute atomic E-state index is 0.0376. The fourth-order valence-electron chi connectivity index (χ4n) is 3.40. The second kappa shape index (κ2) is 15.3. The summed E-state index contributed by atoms with van der Waals surface area (Å²) in [5, 5.41) is 6.33. The summed E-state index contributed by atoms with van der Waals surface area (Å²) in [6.07, 6.45) is 3.72. The number of nitrogens with one attached hydrogen (secondary N) is 2. The SMILES string of the molecule is CCNC(=NCC(CC(C)C)NC(=O)OCC)N1CCC(OCCCOC)CC1. The van der Waals surface area contributed by atoms with E-state index in [1.807, 2.05) is 6.92 Å². The van der Waals surface area contributed by atoms with E-state index in [1.165, 1.54) is 0 Å². The number of piperidine rings is 1. The Balaban J connectivity index is 2.58. The number of ether oxygens (including phenoxy) is 3. The number of methoxy groups -OCH3 is 1. The third kappa shape index (κ3) is 11.3. The van der Waals surface area contributed by atoms with Crippen LogP contribution in [-0.4, -0.2) is 82.2 Å². The average Bonchev–Trinajstić information content (AvgIpc) is 2.68. The second-order valence-electron chi connectivity index (χ2n) is 7.79. The van der Waals surface area contributed by atoms with Gasteiger partial charge >= 0.3 is 6.09 Å². The summed E-state index contributed by atoms with van der Waals surface area (Å²) in [5.41, 5.74) is 0. The highest BCUT2D eigenvalue weighted by Gasteiger charge is 2.22. The van der Waals surface area contributed by atoms with Crippen LogP contribution in [0, 0.1) is 5.92 Å². The van der Waals surface area contributed by atoms with Gasteiger partial charge < -0.3 is 29.7 Å². The van der Waals surface area contributed by atoms with Crippen LogP contribution in [0.5, 0.6) is 0 Å². The number of likely N-dealkylation sites (tertiary alicyclic amines) is 1. The van der Waals surface area contributed by atoms with Crippen molar-refractivity contribution in [1.29, 1.82) is 0 Å². The number of rotatable bonds is 12. The van der Waals surface area contributed by atoms with E-state index >= 15 is 0 Å². The topological polar surface area (TPSA) is 84.4 Å². The van der Waals surface area contributed by atoms with Crippen molar-refractivity contribution in [3.63, 3.8) is 0 Å². The highest BCUT2D eigenvalue weighted by atomic mass is 16.5. The van der Waals surface area contributed by atoms with Gasteiger partial charge in [0.15, 0.2) is 5.96 Å². The van der Waals surface area contributed by atoms with Gasteiger partial charge in [0, 0.05) is 40.0 Å². The van der Waals surface area contributed by atoms with E-state index in [4.69, 9.17) is 19.2 Å². The Morgan fingerprint density at radius 2 is 1.93 bits per heavy atom. The first-order chi connectivity index (χ1) is 14.0. The van der Waals surface area contributed by atoms with Crippen molar-refractivity contribution in [1.82, 2.24) is 15.5 Å². The maximum Gasteiger partial charge on any atom is 0.407 e. The highest BCUT2D eigenvalue weighted by Crippen LogP contribution is 2.14. The Morgan fingerprint density at radius 3 is 2.52 bits per heavy atom. The zero-order chi connectivity index (χ0) is 21.5. The summed E-state index contributed by atoms with van der Waals surface area (Å²) in [7, 11) is 1.72. The molecule has 0 aliphatic carbocycles. The Morgan fingerprint density at radius 1 is 1.21 bits per heavy atom. The van der Waals surface area contributed by atoms with E-state index in [2.05, 4.69) is 36.3 Å². The van der Waals surface area contributed by atoms with Crippen LogP contribution in [-0.2, 0) is 14.2 Å². The molecular weight excluding hydrogens is 372 g/mol. The maximum atomic E-state index is 11.8. The number of alkyl carbamates (subject to hydrolysis) is 1. The van der Waals surface area contributed by atoms with E-state index in [9.17, 15) is 4.79 Å². The maximum absolute atomic E-state index is 11.8. The molecule has 0 aromatic rings.